The molecule has 1 aliphatic heterocycles. The number of ether oxygens (including phenoxy) is 1. The van der Waals surface area contributed by atoms with Crippen molar-refractivity contribution in [2.24, 2.45) is 0 Å². The molecule has 0 aliphatic carbocycles. The highest BCUT2D eigenvalue weighted by Gasteiger charge is 2.36. The molecule has 2 rings (SSSR count). The zero-order valence-electron chi connectivity index (χ0n) is 10.6. The lowest BCUT2D eigenvalue weighted by atomic mass is 10.2. The van der Waals surface area contributed by atoms with Crippen LogP contribution in [0.5, 0.6) is 0 Å². The fourth-order valence-corrected chi connectivity index (χ4v) is 4.88. The van der Waals surface area contributed by atoms with Gasteiger partial charge >= 0.3 is 5.97 Å². The Labute approximate surface area is 115 Å². The van der Waals surface area contributed by atoms with Crippen molar-refractivity contribution in [2.75, 3.05) is 13.2 Å². The lowest BCUT2D eigenvalue weighted by Gasteiger charge is -2.36. The van der Waals surface area contributed by atoms with Gasteiger partial charge < -0.3 is 9.84 Å². The summed E-state index contributed by atoms with van der Waals surface area (Å²) >= 11 is 0.775. The van der Waals surface area contributed by atoms with Gasteiger partial charge in [-0.1, -0.05) is 0 Å². The molecule has 1 aliphatic rings. The second-order valence-electron chi connectivity index (χ2n) is 4.36. The number of hydrogen-bond acceptors (Lipinski definition) is 5. The molecule has 1 aromatic heterocycles. The maximum Gasteiger partial charge on any atom is 0.345 e. The fourth-order valence-electron chi connectivity index (χ4n) is 1.93. The Kier molecular flexibility index (Phi) is 3.95. The van der Waals surface area contributed by atoms with E-state index in [1.165, 1.54) is 16.4 Å². The van der Waals surface area contributed by atoms with Gasteiger partial charge in [0.25, 0.3) is 10.0 Å². The topological polar surface area (TPSA) is 83.9 Å². The van der Waals surface area contributed by atoms with Crippen LogP contribution < -0.4 is 0 Å². The minimum absolute atomic E-state index is 0.0209. The van der Waals surface area contributed by atoms with Crippen molar-refractivity contribution in [3.05, 3.63) is 17.0 Å². The lowest BCUT2D eigenvalue weighted by molar-refractivity contribution is -0.0231. The molecule has 0 bridgehead atoms. The van der Waals surface area contributed by atoms with Crippen LogP contribution in [0.3, 0.4) is 0 Å². The molecule has 1 aromatic rings. The van der Waals surface area contributed by atoms with Gasteiger partial charge in [-0.15, -0.1) is 11.3 Å². The number of rotatable bonds is 3. The maximum atomic E-state index is 12.5. The van der Waals surface area contributed by atoms with E-state index in [0.29, 0.717) is 6.61 Å². The summed E-state index contributed by atoms with van der Waals surface area (Å²) in [5, 5.41) is 8.85. The van der Waals surface area contributed by atoms with Crippen LogP contribution in [0.1, 0.15) is 23.5 Å². The van der Waals surface area contributed by atoms with Gasteiger partial charge in [-0.05, 0) is 26.0 Å². The third-order valence-electron chi connectivity index (χ3n) is 3.18. The third kappa shape index (κ3) is 2.66. The van der Waals surface area contributed by atoms with Gasteiger partial charge in [-0.25, -0.2) is 13.2 Å². The standard InChI is InChI=1S/C11H15NO5S2/c1-7-8(2)17-6-5-12(7)19(15,16)10-4-3-9(18-10)11(13)14/h3-4,7-8H,5-6H2,1-2H3,(H,13,14). The summed E-state index contributed by atoms with van der Waals surface area (Å²) in [5.41, 5.74) is 0. The SMILES string of the molecule is CC1OCCN(S(=O)(=O)c2ccc(C(=O)O)s2)C1C. The molecule has 106 valence electrons. The van der Waals surface area contributed by atoms with Crippen LogP contribution in [0.2, 0.25) is 0 Å². The zero-order chi connectivity index (χ0) is 14.2. The lowest BCUT2D eigenvalue weighted by Crippen LogP contribution is -2.50. The van der Waals surface area contributed by atoms with Gasteiger partial charge in [0, 0.05) is 12.6 Å². The molecular formula is C11H15NO5S2. The molecule has 6 nitrogen and oxygen atoms in total. The van der Waals surface area contributed by atoms with Crippen LogP contribution in [0.4, 0.5) is 0 Å². The monoisotopic (exact) mass is 305 g/mol. The van der Waals surface area contributed by atoms with Crippen LogP contribution in [-0.2, 0) is 14.8 Å². The first-order chi connectivity index (χ1) is 8.84. The predicted molar refractivity (Wildman–Crippen MR) is 70.0 cm³/mol. The zero-order valence-corrected chi connectivity index (χ0v) is 12.2. The van der Waals surface area contributed by atoms with Crippen LogP contribution in [-0.4, -0.2) is 49.1 Å². The summed E-state index contributed by atoms with van der Waals surface area (Å²) < 4.78 is 31.8. The molecule has 0 aromatic carbocycles. The van der Waals surface area contributed by atoms with E-state index in [2.05, 4.69) is 0 Å². The number of morpholine rings is 1. The molecule has 8 heteroatoms. The number of sulfonamides is 1. The summed E-state index contributed by atoms with van der Waals surface area (Å²) in [4.78, 5) is 10.8. The minimum Gasteiger partial charge on any atom is -0.477 e. The van der Waals surface area contributed by atoms with Gasteiger partial charge in [-0.3, -0.25) is 0 Å². The molecule has 1 fully saturated rings. The van der Waals surface area contributed by atoms with Gasteiger partial charge in [-0.2, -0.15) is 4.31 Å². The molecule has 2 atom stereocenters. The highest BCUT2D eigenvalue weighted by atomic mass is 32.2. The average Bonchev–Trinajstić information content (AvgIpc) is 2.82. The molecule has 2 heterocycles. The second kappa shape index (κ2) is 5.20. The molecule has 2 unspecified atom stereocenters. The Morgan fingerprint density at radius 3 is 2.74 bits per heavy atom. The Morgan fingerprint density at radius 1 is 1.47 bits per heavy atom. The van der Waals surface area contributed by atoms with Crippen LogP contribution in [0.25, 0.3) is 0 Å². The Hall–Kier alpha value is -0.960. The van der Waals surface area contributed by atoms with Crippen molar-refractivity contribution >= 4 is 27.3 Å². The van der Waals surface area contributed by atoms with E-state index >= 15 is 0 Å². The maximum absolute atomic E-state index is 12.5. The number of carboxylic acids is 1. The van der Waals surface area contributed by atoms with E-state index in [-0.39, 0.29) is 27.8 Å². The molecule has 0 amide bonds. The number of thiophene rings is 1. The van der Waals surface area contributed by atoms with Crippen LogP contribution in [0.15, 0.2) is 16.3 Å². The Bertz CT molecular complexity index is 580. The summed E-state index contributed by atoms with van der Waals surface area (Å²) in [6.07, 6.45) is -0.178. The average molecular weight is 305 g/mol. The van der Waals surface area contributed by atoms with Crippen molar-refractivity contribution in [3.8, 4) is 0 Å². The van der Waals surface area contributed by atoms with E-state index in [4.69, 9.17) is 9.84 Å². The quantitative estimate of drug-likeness (QED) is 0.908. The van der Waals surface area contributed by atoms with Gasteiger partial charge in [0.1, 0.15) is 9.09 Å². The molecule has 0 saturated carbocycles. The van der Waals surface area contributed by atoms with Crippen molar-refractivity contribution in [1.29, 1.82) is 0 Å². The Morgan fingerprint density at radius 2 is 2.16 bits per heavy atom. The molecule has 0 radical (unpaired) electrons. The van der Waals surface area contributed by atoms with Crippen LogP contribution >= 0.6 is 11.3 Å². The molecule has 19 heavy (non-hydrogen) atoms. The van der Waals surface area contributed by atoms with Gasteiger partial charge in [0.2, 0.25) is 0 Å². The molecule has 1 saturated heterocycles. The summed E-state index contributed by atoms with van der Waals surface area (Å²) in [6, 6.07) is 2.39. The van der Waals surface area contributed by atoms with Crippen molar-refractivity contribution < 1.29 is 23.1 Å². The molecule has 1 N–H and O–H groups in total. The van der Waals surface area contributed by atoms with E-state index in [9.17, 15) is 13.2 Å². The first-order valence-corrected chi connectivity index (χ1v) is 8.06. The predicted octanol–water partition coefficient (Wildman–Crippen LogP) is 1.24. The number of aromatic carboxylic acids is 1. The van der Waals surface area contributed by atoms with E-state index in [0.717, 1.165) is 11.3 Å². The first kappa shape index (κ1) is 14.4. The van der Waals surface area contributed by atoms with Crippen molar-refractivity contribution in [1.82, 2.24) is 4.31 Å². The smallest absolute Gasteiger partial charge is 0.345 e. The highest BCUT2D eigenvalue weighted by molar-refractivity contribution is 7.91. The second-order valence-corrected chi connectivity index (χ2v) is 7.56. The van der Waals surface area contributed by atoms with Gasteiger partial charge in [0.15, 0.2) is 0 Å². The number of nitrogens with zero attached hydrogens (tertiary/aromatic N) is 1. The number of hydrogen-bond donors (Lipinski definition) is 1. The van der Waals surface area contributed by atoms with E-state index < -0.39 is 16.0 Å². The molecule has 0 spiro atoms. The summed E-state index contributed by atoms with van der Waals surface area (Å²) in [7, 11) is -3.65. The number of carboxylic acid groups (broad SMARTS) is 1. The van der Waals surface area contributed by atoms with Crippen molar-refractivity contribution in [2.45, 2.75) is 30.2 Å². The van der Waals surface area contributed by atoms with Crippen LogP contribution in [0, 0.1) is 0 Å². The molecular weight excluding hydrogens is 290 g/mol. The van der Waals surface area contributed by atoms with Crippen molar-refractivity contribution in [3.63, 3.8) is 0 Å². The van der Waals surface area contributed by atoms with Gasteiger partial charge in [0.05, 0.1) is 12.7 Å². The Balaban J connectivity index is 2.33. The fraction of sp³-hybridized carbons (Fsp3) is 0.545. The first-order valence-electron chi connectivity index (χ1n) is 5.80. The van der Waals surface area contributed by atoms with E-state index in [1.54, 1.807) is 6.92 Å². The largest absolute Gasteiger partial charge is 0.477 e. The normalized spacial score (nSPS) is 25.4. The van der Waals surface area contributed by atoms with E-state index in [1.807, 2.05) is 6.92 Å². The minimum atomic E-state index is -3.65. The third-order valence-corrected chi connectivity index (χ3v) is 6.71. The summed E-state index contributed by atoms with van der Waals surface area (Å²) in [5.74, 6) is -1.12. The summed E-state index contributed by atoms with van der Waals surface area (Å²) in [6.45, 7) is 4.24. The highest BCUT2D eigenvalue weighted by Crippen LogP contribution is 2.28. The number of carbonyl (C=O) groups is 1.